The van der Waals surface area contributed by atoms with Gasteiger partial charge in [0, 0.05) is 50.5 Å². The summed E-state index contributed by atoms with van der Waals surface area (Å²) < 4.78 is 5.37. The van der Waals surface area contributed by atoms with Crippen LogP contribution in [0.5, 0.6) is 0 Å². The topological polar surface area (TPSA) is 65.1 Å². The highest BCUT2D eigenvalue weighted by Gasteiger charge is 2.37. The number of esters is 1. The van der Waals surface area contributed by atoms with Crippen molar-refractivity contribution >= 4 is 23.6 Å². The molecule has 29 heavy (non-hydrogen) atoms. The molecule has 2 aliphatic rings. The van der Waals surface area contributed by atoms with E-state index in [9.17, 15) is 9.59 Å². The normalized spacial score (nSPS) is 21.3. The number of halogens is 1. The predicted molar refractivity (Wildman–Crippen MR) is 113 cm³/mol. The summed E-state index contributed by atoms with van der Waals surface area (Å²) in [6.45, 7) is 9.53. The van der Waals surface area contributed by atoms with E-state index < -0.39 is 12.0 Å². The Morgan fingerprint density at radius 2 is 1.76 bits per heavy atom. The van der Waals surface area contributed by atoms with Crippen molar-refractivity contribution in [3.8, 4) is 0 Å². The van der Waals surface area contributed by atoms with Crippen LogP contribution in [0, 0.1) is 0 Å². The van der Waals surface area contributed by atoms with Crippen LogP contribution in [0.25, 0.3) is 0 Å². The first kappa shape index (κ1) is 21.6. The number of carbonyl (C=O) groups is 2. The maximum absolute atomic E-state index is 12.9. The minimum Gasteiger partial charge on any atom is -0.463 e. The summed E-state index contributed by atoms with van der Waals surface area (Å²) in [5.41, 5.74) is 1.97. The fourth-order valence-corrected chi connectivity index (χ4v) is 3.90. The van der Waals surface area contributed by atoms with Gasteiger partial charge < -0.3 is 15.0 Å². The summed E-state index contributed by atoms with van der Waals surface area (Å²) in [7, 11) is 1.70. The molecule has 158 valence electrons. The second-order valence-corrected chi connectivity index (χ2v) is 7.72. The number of benzene rings is 1. The highest BCUT2D eigenvalue weighted by molar-refractivity contribution is 6.30. The largest absolute Gasteiger partial charge is 0.463 e. The van der Waals surface area contributed by atoms with Gasteiger partial charge in [-0.25, -0.2) is 9.59 Å². The van der Waals surface area contributed by atoms with Gasteiger partial charge >= 0.3 is 12.0 Å². The van der Waals surface area contributed by atoms with Crippen LogP contribution in [0.3, 0.4) is 0 Å². The first-order chi connectivity index (χ1) is 13.9. The van der Waals surface area contributed by atoms with E-state index in [0.717, 1.165) is 38.3 Å². The summed E-state index contributed by atoms with van der Waals surface area (Å²) >= 11 is 6.02. The van der Waals surface area contributed by atoms with Crippen molar-refractivity contribution in [3.05, 3.63) is 46.1 Å². The van der Waals surface area contributed by atoms with E-state index >= 15 is 0 Å². The maximum Gasteiger partial charge on any atom is 0.338 e. The van der Waals surface area contributed by atoms with Crippen LogP contribution in [0.1, 0.15) is 25.5 Å². The van der Waals surface area contributed by atoms with Crippen LogP contribution >= 0.6 is 11.6 Å². The van der Waals surface area contributed by atoms with Crippen molar-refractivity contribution in [1.29, 1.82) is 0 Å². The number of amides is 2. The van der Waals surface area contributed by atoms with Crippen molar-refractivity contribution < 1.29 is 14.3 Å². The Morgan fingerprint density at radius 3 is 2.34 bits per heavy atom. The molecule has 7 nitrogen and oxygen atoms in total. The van der Waals surface area contributed by atoms with Crippen molar-refractivity contribution in [2.24, 2.45) is 0 Å². The lowest BCUT2D eigenvalue weighted by atomic mass is 9.94. The zero-order chi connectivity index (χ0) is 21.0. The van der Waals surface area contributed by atoms with E-state index in [1.807, 2.05) is 12.1 Å². The Balaban J connectivity index is 1.96. The van der Waals surface area contributed by atoms with E-state index in [4.69, 9.17) is 16.3 Å². The molecular weight excluding hydrogens is 392 g/mol. The average molecular weight is 421 g/mol. The van der Waals surface area contributed by atoms with E-state index in [0.29, 0.717) is 22.8 Å². The molecule has 2 heterocycles. The maximum atomic E-state index is 12.9. The summed E-state index contributed by atoms with van der Waals surface area (Å²) in [5.74, 6) is -0.401. The van der Waals surface area contributed by atoms with Crippen LogP contribution < -0.4 is 5.32 Å². The molecule has 0 bridgehead atoms. The Labute approximate surface area is 177 Å². The van der Waals surface area contributed by atoms with E-state index in [1.54, 1.807) is 26.1 Å². The van der Waals surface area contributed by atoms with Crippen LogP contribution in [-0.4, -0.2) is 79.6 Å². The number of rotatable bonds is 6. The van der Waals surface area contributed by atoms with Crippen molar-refractivity contribution in [2.45, 2.75) is 19.9 Å². The minimum atomic E-state index is -0.568. The third-order valence-corrected chi connectivity index (χ3v) is 5.81. The van der Waals surface area contributed by atoms with Gasteiger partial charge in [0.25, 0.3) is 0 Å². The SMILES string of the molecule is CCOC(=O)C1=C(CN2CCN(CC)CC2)N(C)C(=O)N[C@H]1c1ccc(Cl)cc1. The van der Waals surface area contributed by atoms with Crippen LogP contribution in [-0.2, 0) is 9.53 Å². The molecule has 1 saturated heterocycles. The summed E-state index contributed by atoms with van der Waals surface area (Å²) in [4.78, 5) is 31.9. The zero-order valence-electron chi connectivity index (χ0n) is 17.3. The molecule has 1 aromatic rings. The minimum absolute atomic E-state index is 0.236. The van der Waals surface area contributed by atoms with Gasteiger partial charge in [-0.15, -0.1) is 0 Å². The van der Waals surface area contributed by atoms with Gasteiger partial charge in [0.2, 0.25) is 0 Å². The third kappa shape index (κ3) is 4.91. The lowest BCUT2D eigenvalue weighted by molar-refractivity contribution is -0.139. The molecule has 0 aliphatic carbocycles. The smallest absolute Gasteiger partial charge is 0.338 e. The highest BCUT2D eigenvalue weighted by Crippen LogP contribution is 2.32. The highest BCUT2D eigenvalue weighted by atomic mass is 35.5. The molecule has 3 rings (SSSR count). The molecule has 1 fully saturated rings. The fourth-order valence-electron chi connectivity index (χ4n) is 3.78. The molecule has 1 N–H and O–H groups in total. The molecule has 1 atom stereocenters. The molecule has 2 aliphatic heterocycles. The van der Waals surface area contributed by atoms with Crippen molar-refractivity contribution in [3.63, 3.8) is 0 Å². The second-order valence-electron chi connectivity index (χ2n) is 7.28. The van der Waals surface area contributed by atoms with Gasteiger partial charge in [-0.1, -0.05) is 30.7 Å². The molecular formula is C21H29ClN4O3. The van der Waals surface area contributed by atoms with Crippen molar-refractivity contribution in [2.75, 3.05) is 52.9 Å². The first-order valence-electron chi connectivity index (χ1n) is 10.1. The molecule has 0 unspecified atom stereocenters. The van der Waals surface area contributed by atoms with E-state index in [2.05, 4.69) is 22.0 Å². The van der Waals surface area contributed by atoms with Crippen LogP contribution in [0.15, 0.2) is 35.5 Å². The summed E-state index contributed by atoms with van der Waals surface area (Å²) in [5, 5.41) is 3.53. The number of hydrogen-bond donors (Lipinski definition) is 1. The third-order valence-electron chi connectivity index (χ3n) is 5.56. The summed E-state index contributed by atoms with van der Waals surface area (Å²) in [6.07, 6.45) is 0. The average Bonchev–Trinajstić information content (AvgIpc) is 2.72. The molecule has 2 amide bonds. The Kier molecular flexibility index (Phi) is 7.16. The van der Waals surface area contributed by atoms with Crippen LogP contribution in [0.2, 0.25) is 5.02 Å². The number of urea groups is 1. The van der Waals surface area contributed by atoms with E-state index in [1.165, 1.54) is 4.90 Å². The first-order valence-corrected chi connectivity index (χ1v) is 10.5. The number of hydrogen-bond acceptors (Lipinski definition) is 5. The van der Waals surface area contributed by atoms with Crippen molar-refractivity contribution in [1.82, 2.24) is 20.0 Å². The lowest BCUT2D eigenvalue weighted by Gasteiger charge is -2.39. The predicted octanol–water partition coefficient (Wildman–Crippen LogP) is 2.49. The van der Waals surface area contributed by atoms with E-state index in [-0.39, 0.29) is 12.6 Å². The second kappa shape index (κ2) is 9.61. The number of carbonyl (C=O) groups excluding carboxylic acids is 2. The lowest BCUT2D eigenvalue weighted by Crippen LogP contribution is -2.52. The molecule has 1 aromatic carbocycles. The molecule has 0 aromatic heterocycles. The molecule has 0 radical (unpaired) electrons. The molecule has 0 saturated carbocycles. The Morgan fingerprint density at radius 1 is 1.14 bits per heavy atom. The van der Waals surface area contributed by atoms with Gasteiger partial charge in [-0.3, -0.25) is 9.80 Å². The number of nitrogens with one attached hydrogen (secondary N) is 1. The standard InChI is InChI=1S/C21H29ClN4O3/c1-4-25-10-12-26(13-11-25)14-17-18(20(27)29-5-2)19(23-21(28)24(17)3)15-6-8-16(22)9-7-15/h6-9,19H,4-5,10-14H2,1-3H3,(H,23,28)/t19-/m0/s1. The van der Waals surface area contributed by atoms with Gasteiger partial charge in [-0.2, -0.15) is 0 Å². The Bertz CT molecular complexity index is 773. The molecule has 8 heteroatoms. The van der Waals surface area contributed by atoms with Crippen LogP contribution in [0.4, 0.5) is 4.79 Å². The summed E-state index contributed by atoms with van der Waals surface area (Å²) in [6, 6.07) is 6.37. The van der Waals surface area contributed by atoms with Gasteiger partial charge in [0.05, 0.1) is 18.2 Å². The zero-order valence-corrected chi connectivity index (χ0v) is 18.0. The number of nitrogens with zero attached hydrogens (tertiary/aromatic N) is 3. The fraction of sp³-hybridized carbons (Fsp3) is 0.524. The monoisotopic (exact) mass is 420 g/mol. The van der Waals surface area contributed by atoms with Gasteiger partial charge in [-0.05, 0) is 31.2 Å². The number of ether oxygens (including phenoxy) is 1. The van der Waals surface area contributed by atoms with Gasteiger partial charge in [0.15, 0.2) is 0 Å². The number of piperazine rings is 1. The molecule has 0 spiro atoms. The Hall–Kier alpha value is -2.09. The number of likely N-dealkylation sites (N-methyl/N-ethyl adjacent to an activating group) is 2. The quantitative estimate of drug-likeness (QED) is 0.716. The van der Waals surface area contributed by atoms with Gasteiger partial charge in [0.1, 0.15) is 0 Å².